The molecule has 1 unspecified atom stereocenters. The van der Waals surface area contributed by atoms with Gasteiger partial charge in [-0.25, -0.2) is 9.59 Å². The van der Waals surface area contributed by atoms with Crippen LogP contribution in [-0.2, 0) is 19.1 Å². The van der Waals surface area contributed by atoms with Crippen molar-refractivity contribution in [3.63, 3.8) is 0 Å². The van der Waals surface area contributed by atoms with Crippen LogP contribution in [0.2, 0.25) is 0 Å². The van der Waals surface area contributed by atoms with Crippen LogP contribution in [0.5, 0.6) is 0 Å². The Bertz CT molecular complexity index is 848. The van der Waals surface area contributed by atoms with Crippen molar-refractivity contribution in [3.05, 3.63) is 59.7 Å². The highest BCUT2D eigenvalue weighted by Gasteiger charge is 2.30. The van der Waals surface area contributed by atoms with Crippen molar-refractivity contribution < 1.29 is 29.0 Å². The van der Waals surface area contributed by atoms with Crippen molar-refractivity contribution in [3.8, 4) is 11.1 Å². The molecule has 146 valence electrons. The number of carboxylic acid groups (broad SMARTS) is 1. The quantitative estimate of drug-likeness (QED) is 0.713. The van der Waals surface area contributed by atoms with E-state index in [0.29, 0.717) is 0 Å². The van der Waals surface area contributed by atoms with E-state index >= 15 is 0 Å². The summed E-state index contributed by atoms with van der Waals surface area (Å²) in [6.45, 7) is 0.104. The Hall–Kier alpha value is -3.35. The Morgan fingerprint density at radius 3 is 2.14 bits per heavy atom. The van der Waals surface area contributed by atoms with Crippen molar-refractivity contribution >= 4 is 18.0 Å². The van der Waals surface area contributed by atoms with E-state index in [4.69, 9.17) is 9.84 Å². The molecule has 0 aliphatic heterocycles. The van der Waals surface area contributed by atoms with Crippen LogP contribution in [0.15, 0.2) is 48.5 Å². The minimum atomic E-state index is -1.07. The molecule has 0 fully saturated rings. The number of rotatable bonds is 7. The Balaban J connectivity index is 1.67. The summed E-state index contributed by atoms with van der Waals surface area (Å²) in [5, 5.41) is 11.2. The van der Waals surface area contributed by atoms with Gasteiger partial charge in [-0.15, -0.1) is 0 Å². The summed E-state index contributed by atoms with van der Waals surface area (Å²) in [5.74, 6) is -1.88. The molecule has 7 heteroatoms. The molecule has 2 N–H and O–H groups in total. The molecular formula is C21H21NO6. The second-order valence-corrected chi connectivity index (χ2v) is 6.48. The smallest absolute Gasteiger partial charge is 0.407 e. The topological polar surface area (TPSA) is 102 Å². The Kier molecular flexibility index (Phi) is 5.93. The standard InChI is InChI=1S/C21H21NO6/c1-27-20(25)18(10-11-19(23)24)22-21(26)28-12-17-15-8-4-2-6-13(15)14-7-3-5-9-16(14)17/h2-9,17-18H,10-12H2,1H3,(H,22,26)(H,23,24). The first-order valence-electron chi connectivity index (χ1n) is 8.92. The molecule has 7 nitrogen and oxygen atoms in total. The van der Waals surface area contributed by atoms with Gasteiger partial charge in [0.25, 0.3) is 0 Å². The third kappa shape index (κ3) is 4.14. The molecule has 2 aromatic rings. The third-order valence-corrected chi connectivity index (χ3v) is 4.77. The van der Waals surface area contributed by atoms with Crippen molar-refractivity contribution in [2.45, 2.75) is 24.8 Å². The van der Waals surface area contributed by atoms with E-state index in [1.807, 2.05) is 48.5 Å². The summed E-state index contributed by atoms with van der Waals surface area (Å²) in [4.78, 5) is 34.7. The lowest BCUT2D eigenvalue weighted by atomic mass is 9.98. The lowest BCUT2D eigenvalue weighted by Gasteiger charge is -2.18. The van der Waals surface area contributed by atoms with Crippen LogP contribution in [0.25, 0.3) is 11.1 Å². The van der Waals surface area contributed by atoms with E-state index in [2.05, 4.69) is 10.1 Å². The monoisotopic (exact) mass is 383 g/mol. The van der Waals surface area contributed by atoms with Gasteiger partial charge in [0.05, 0.1) is 7.11 Å². The number of esters is 1. The maximum atomic E-state index is 12.2. The molecule has 1 aliphatic carbocycles. The molecule has 0 spiro atoms. The maximum Gasteiger partial charge on any atom is 0.407 e. The number of ether oxygens (including phenoxy) is 2. The molecule has 0 saturated carbocycles. The molecule has 0 heterocycles. The van der Waals surface area contributed by atoms with E-state index in [1.54, 1.807) is 0 Å². The molecule has 1 amide bonds. The second kappa shape index (κ2) is 8.56. The lowest BCUT2D eigenvalue weighted by molar-refractivity contribution is -0.143. The molecule has 2 aromatic carbocycles. The van der Waals surface area contributed by atoms with Crippen molar-refractivity contribution in [1.29, 1.82) is 0 Å². The van der Waals surface area contributed by atoms with E-state index in [9.17, 15) is 14.4 Å². The first kappa shape index (κ1) is 19.4. The number of aliphatic carboxylic acids is 1. The number of benzene rings is 2. The fraction of sp³-hybridized carbons (Fsp3) is 0.286. The number of amides is 1. The Morgan fingerprint density at radius 1 is 1.04 bits per heavy atom. The fourth-order valence-electron chi connectivity index (χ4n) is 3.44. The summed E-state index contributed by atoms with van der Waals surface area (Å²) in [6.07, 6.45) is -1.14. The number of hydrogen-bond acceptors (Lipinski definition) is 5. The molecule has 28 heavy (non-hydrogen) atoms. The van der Waals surface area contributed by atoms with Gasteiger partial charge in [-0.1, -0.05) is 48.5 Å². The average Bonchev–Trinajstić information content (AvgIpc) is 3.02. The molecule has 0 aromatic heterocycles. The summed E-state index contributed by atoms with van der Waals surface area (Å²) >= 11 is 0. The Morgan fingerprint density at radius 2 is 1.61 bits per heavy atom. The lowest BCUT2D eigenvalue weighted by Crippen LogP contribution is -2.42. The normalized spacial score (nSPS) is 13.2. The van der Waals surface area contributed by atoms with Gasteiger partial charge in [-0.3, -0.25) is 4.79 Å². The average molecular weight is 383 g/mol. The molecular weight excluding hydrogens is 362 g/mol. The number of carbonyl (C=O) groups excluding carboxylic acids is 2. The fourth-order valence-corrected chi connectivity index (χ4v) is 3.44. The first-order chi connectivity index (χ1) is 13.5. The zero-order valence-electron chi connectivity index (χ0n) is 15.4. The van der Waals surface area contributed by atoms with E-state index in [0.717, 1.165) is 22.3 Å². The van der Waals surface area contributed by atoms with Gasteiger partial charge < -0.3 is 19.9 Å². The predicted molar refractivity (Wildman–Crippen MR) is 101 cm³/mol. The van der Waals surface area contributed by atoms with E-state index in [-0.39, 0.29) is 25.4 Å². The van der Waals surface area contributed by atoms with Gasteiger partial charge in [0.1, 0.15) is 12.6 Å². The number of methoxy groups -OCH3 is 1. The summed E-state index contributed by atoms with van der Waals surface area (Å²) in [6, 6.07) is 14.8. The molecule has 1 atom stereocenters. The van der Waals surface area contributed by atoms with Crippen molar-refractivity contribution in [2.24, 2.45) is 0 Å². The minimum absolute atomic E-state index is 0.0772. The highest BCUT2D eigenvalue weighted by atomic mass is 16.6. The van der Waals surface area contributed by atoms with Crippen LogP contribution >= 0.6 is 0 Å². The van der Waals surface area contributed by atoms with Crippen LogP contribution in [0, 0.1) is 0 Å². The van der Waals surface area contributed by atoms with Gasteiger partial charge in [-0.05, 0) is 28.7 Å². The van der Waals surface area contributed by atoms with E-state index < -0.39 is 24.1 Å². The molecule has 0 bridgehead atoms. The number of alkyl carbamates (subject to hydrolysis) is 1. The van der Waals surface area contributed by atoms with Gasteiger partial charge in [0.2, 0.25) is 0 Å². The van der Waals surface area contributed by atoms with Crippen molar-refractivity contribution in [1.82, 2.24) is 5.32 Å². The van der Waals surface area contributed by atoms with Gasteiger partial charge in [0, 0.05) is 12.3 Å². The van der Waals surface area contributed by atoms with Crippen LogP contribution in [0.4, 0.5) is 4.79 Å². The summed E-state index contributed by atoms with van der Waals surface area (Å²) in [5.41, 5.74) is 4.38. The SMILES string of the molecule is COC(=O)C(CCC(=O)O)NC(=O)OCC1c2ccccc2-c2ccccc21. The molecule has 3 rings (SSSR count). The Labute approximate surface area is 162 Å². The molecule has 0 radical (unpaired) electrons. The van der Waals surface area contributed by atoms with Crippen LogP contribution in [0.3, 0.4) is 0 Å². The predicted octanol–water partition coefficient (Wildman–Crippen LogP) is 2.93. The number of nitrogens with one attached hydrogen (secondary N) is 1. The second-order valence-electron chi connectivity index (χ2n) is 6.48. The molecule has 1 aliphatic rings. The minimum Gasteiger partial charge on any atom is -0.481 e. The zero-order chi connectivity index (χ0) is 20.1. The van der Waals surface area contributed by atoms with Gasteiger partial charge in [-0.2, -0.15) is 0 Å². The number of carbonyl (C=O) groups is 3. The summed E-state index contributed by atoms with van der Waals surface area (Å²) < 4.78 is 9.98. The van der Waals surface area contributed by atoms with Crippen LogP contribution < -0.4 is 5.32 Å². The highest BCUT2D eigenvalue weighted by molar-refractivity contribution is 5.82. The zero-order valence-corrected chi connectivity index (χ0v) is 15.4. The first-order valence-corrected chi connectivity index (χ1v) is 8.92. The summed E-state index contributed by atoms with van der Waals surface area (Å²) in [7, 11) is 1.18. The van der Waals surface area contributed by atoms with Crippen LogP contribution in [0.1, 0.15) is 29.9 Å². The third-order valence-electron chi connectivity index (χ3n) is 4.77. The largest absolute Gasteiger partial charge is 0.481 e. The number of carboxylic acids is 1. The van der Waals surface area contributed by atoms with Crippen molar-refractivity contribution in [2.75, 3.05) is 13.7 Å². The maximum absolute atomic E-state index is 12.2. The van der Waals surface area contributed by atoms with Gasteiger partial charge in [0.15, 0.2) is 0 Å². The van der Waals surface area contributed by atoms with E-state index in [1.165, 1.54) is 7.11 Å². The van der Waals surface area contributed by atoms with Gasteiger partial charge >= 0.3 is 18.0 Å². The molecule has 0 saturated heterocycles. The number of fused-ring (bicyclic) bond motifs is 3. The van der Waals surface area contributed by atoms with Crippen LogP contribution in [-0.4, -0.2) is 42.9 Å². The highest BCUT2D eigenvalue weighted by Crippen LogP contribution is 2.44. The number of hydrogen-bond donors (Lipinski definition) is 2.